The molecular weight excluding hydrogens is 307 g/mol. The Morgan fingerprint density at radius 3 is 2.21 bits per heavy atom. The summed E-state index contributed by atoms with van der Waals surface area (Å²) in [6.07, 6.45) is 0. The van der Waals surface area contributed by atoms with E-state index in [9.17, 15) is 14.9 Å². The highest BCUT2D eigenvalue weighted by atomic mass is 16.5. The minimum absolute atomic E-state index is 0.267. The van der Waals surface area contributed by atoms with Gasteiger partial charge in [-0.15, -0.1) is 0 Å². The standard InChI is InChI=1S/C17H29BN2O4/c1-12(2)11-19-15(21)20-14-9-7-13(8-10-14)18(23)24-17(5,6)16(3,4)22/h7-10,12,22-23H,11H2,1-6H3,(H2,19,20,21). The lowest BCUT2D eigenvalue weighted by molar-refractivity contribution is -0.0982. The number of rotatable bonds is 7. The lowest BCUT2D eigenvalue weighted by atomic mass is 9.76. The average molecular weight is 336 g/mol. The zero-order valence-electron chi connectivity index (χ0n) is 15.4. The van der Waals surface area contributed by atoms with Crippen LogP contribution in [0.25, 0.3) is 0 Å². The van der Waals surface area contributed by atoms with Crippen molar-refractivity contribution in [1.82, 2.24) is 5.32 Å². The van der Waals surface area contributed by atoms with Gasteiger partial charge in [0, 0.05) is 12.2 Å². The Hall–Kier alpha value is -1.57. The van der Waals surface area contributed by atoms with E-state index >= 15 is 0 Å². The van der Waals surface area contributed by atoms with Gasteiger partial charge in [-0.2, -0.15) is 0 Å². The molecule has 24 heavy (non-hydrogen) atoms. The number of benzene rings is 1. The van der Waals surface area contributed by atoms with Gasteiger partial charge >= 0.3 is 13.1 Å². The number of aliphatic hydroxyl groups is 1. The first-order valence-electron chi connectivity index (χ1n) is 8.15. The van der Waals surface area contributed by atoms with E-state index < -0.39 is 18.3 Å². The molecule has 0 radical (unpaired) electrons. The van der Waals surface area contributed by atoms with Gasteiger partial charge in [-0.1, -0.05) is 26.0 Å². The maximum absolute atomic E-state index is 11.7. The van der Waals surface area contributed by atoms with Gasteiger partial charge in [-0.05, 0) is 51.2 Å². The van der Waals surface area contributed by atoms with Crippen molar-refractivity contribution in [3.05, 3.63) is 24.3 Å². The molecule has 0 fully saturated rings. The molecule has 0 saturated carbocycles. The van der Waals surface area contributed by atoms with Crippen LogP contribution in [0.5, 0.6) is 0 Å². The van der Waals surface area contributed by atoms with E-state index in [2.05, 4.69) is 10.6 Å². The Balaban J connectivity index is 2.65. The van der Waals surface area contributed by atoms with Crippen molar-refractivity contribution in [2.75, 3.05) is 11.9 Å². The van der Waals surface area contributed by atoms with E-state index in [4.69, 9.17) is 4.65 Å². The Labute approximate surface area is 144 Å². The second-order valence-corrected chi connectivity index (χ2v) is 7.39. The summed E-state index contributed by atoms with van der Waals surface area (Å²) in [6, 6.07) is 6.45. The zero-order chi connectivity index (χ0) is 18.5. The van der Waals surface area contributed by atoms with Crippen molar-refractivity contribution < 1.29 is 19.6 Å². The fourth-order valence-corrected chi connectivity index (χ4v) is 1.69. The van der Waals surface area contributed by atoms with Gasteiger partial charge in [0.2, 0.25) is 0 Å². The van der Waals surface area contributed by atoms with Crippen LogP contribution in [0.2, 0.25) is 0 Å². The third-order valence-electron chi connectivity index (χ3n) is 4.00. The monoisotopic (exact) mass is 336 g/mol. The van der Waals surface area contributed by atoms with E-state index in [1.165, 1.54) is 0 Å². The number of nitrogens with one attached hydrogen (secondary N) is 2. The minimum atomic E-state index is -1.17. The first-order valence-corrected chi connectivity index (χ1v) is 8.15. The summed E-state index contributed by atoms with van der Waals surface area (Å²) in [7, 11) is -1.17. The predicted molar refractivity (Wildman–Crippen MR) is 97.4 cm³/mol. The number of carbonyl (C=O) groups is 1. The predicted octanol–water partition coefficient (Wildman–Crippen LogP) is 1.72. The number of carbonyl (C=O) groups excluding carboxylic acids is 1. The Kier molecular flexibility index (Phi) is 6.83. The quantitative estimate of drug-likeness (QED) is 0.571. The van der Waals surface area contributed by atoms with Gasteiger partial charge in [0.25, 0.3) is 0 Å². The number of amides is 2. The first-order chi connectivity index (χ1) is 10.9. The Bertz CT molecular complexity index is 539. The number of anilines is 1. The molecule has 0 aliphatic rings. The van der Waals surface area contributed by atoms with E-state index in [0.29, 0.717) is 23.6 Å². The van der Waals surface area contributed by atoms with Crippen molar-refractivity contribution in [1.29, 1.82) is 0 Å². The highest BCUT2D eigenvalue weighted by Gasteiger charge is 2.39. The summed E-state index contributed by atoms with van der Waals surface area (Å²) in [5.74, 6) is 0.379. The van der Waals surface area contributed by atoms with Crippen molar-refractivity contribution in [2.45, 2.75) is 52.7 Å². The van der Waals surface area contributed by atoms with Crippen LogP contribution in [0.3, 0.4) is 0 Å². The second kappa shape index (κ2) is 8.01. The summed E-state index contributed by atoms with van der Waals surface area (Å²) < 4.78 is 5.58. The molecule has 6 nitrogen and oxygen atoms in total. The molecule has 7 heteroatoms. The first kappa shape index (κ1) is 20.5. The molecule has 1 aromatic carbocycles. The van der Waals surface area contributed by atoms with Crippen LogP contribution >= 0.6 is 0 Å². The normalized spacial score (nSPS) is 12.2. The van der Waals surface area contributed by atoms with Crippen LogP contribution in [-0.2, 0) is 4.65 Å². The molecule has 0 atom stereocenters. The number of hydrogen-bond acceptors (Lipinski definition) is 4. The second-order valence-electron chi connectivity index (χ2n) is 7.39. The lowest BCUT2D eigenvalue weighted by Crippen LogP contribution is -2.53. The van der Waals surface area contributed by atoms with Gasteiger partial charge in [-0.3, -0.25) is 0 Å². The summed E-state index contributed by atoms with van der Waals surface area (Å²) in [6.45, 7) is 11.3. The molecule has 0 spiro atoms. The molecule has 1 aromatic rings. The topological polar surface area (TPSA) is 90.8 Å². The molecule has 2 amide bonds. The van der Waals surface area contributed by atoms with Crippen LogP contribution in [0.15, 0.2) is 24.3 Å². The summed E-state index contributed by atoms with van der Waals surface area (Å²) >= 11 is 0. The van der Waals surface area contributed by atoms with Crippen LogP contribution in [0, 0.1) is 5.92 Å². The molecule has 1 rings (SSSR count). The molecule has 0 aliphatic carbocycles. The van der Waals surface area contributed by atoms with E-state index in [1.807, 2.05) is 13.8 Å². The minimum Gasteiger partial charge on any atom is -0.423 e. The summed E-state index contributed by atoms with van der Waals surface area (Å²) in [5.41, 5.74) is -0.876. The molecule has 0 saturated heterocycles. The third kappa shape index (κ3) is 6.15. The van der Waals surface area contributed by atoms with Crippen molar-refractivity contribution >= 4 is 24.3 Å². The molecule has 134 valence electrons. The van der Waals surface area contributed by atoms with E-state index in [-0.39, 0.29) is 6.03 Å². The fourth-order valence-electron chi connectivity index (χ4n) is 1.69. The van der Waals surface area contributed by atoms with Crippen molar-refractivity contribution in [3.63, 3.8) is 0 Å². The van der Waals surface area contributed by atoms with Crippen molar-refractivity contribution in [3.8, 4) is 0 Å². The summed E-state index contributed by atoms with van der Waals surface area (Å²) in [4.78, 5) is 11.7. The maximum Gasteiger partial charge on any atom is 0.491 e. The number of urea groups is 1. The summed E-state index contributed by atoms with van der Waals surface area (Å²) in [5, 5.41) is 25.8. The van der Waals surface area contributed by atoms with E-state index in [0.717, 1.165) is 0 Å². The molecule has 0 aromatic heterocycles. The van der Waals surface area contributed by atoms with Crippen molar-refractivity contribution in [2.24, 2.45) is 5.92 Å². The molecule has 0 bridgehead atoms. The number of hydrogen-bond donors (Lipinski definition) is 4. The van der Waals surface area contributed by atoms with Gasteiger partial charge in [0.1, 0.15) is 0 Å². The zero-order valence-corrected chi connectivity index (χ0v) is 15.4. The highest BCUT2D eigenvalue weighted by Crippen LogP contribution is 2.25. The molecule has 0 heterocycles. The third-order valence-corrected chi connectivity index (χ3v) is 4.00. The molecule has 4 N–H and O–H groups in total. The molecule has 0 aliphatic heterocycles. The van der Waals surface area contributed by atoms with Gasteiger partial charge in [-0.25, -0.2) is 4.79 Å². The van der Waals surface area contributed by atoms with Crippen LogP contribution in [0.4, 0.5) is 10.5 Å². The maximum atomic E-state index is 11.7. The largest absolute Gasteiger partial charge is 0.491 e. The molecule has 0 unspecified atom stereocenters. The van der Waals surface area contributed by atoms with Gasteiger partial charge in [0.05, 0.1) is 11.2 Å². The lowest BCUT2D eigenvalue weighted by Gasteiger charge is -2.38. The van der Waals surface area contributed by atoms with Crippen LogP contribution < -0.4 is 16.1 Å². The SMILES string of the molecule is CC(C)CNC(=O)Nc1ccc(B(O)OC(C)(C)C(C)(C)O)cc1. The van der Waals surface area contributed by atoms with Gasteiger partial charge in [0.15, 0.2) is 0 Å². The Morgan fingerprint density at radius 1 is 1.21 bits per heavy atom. The van der Waals surface area contributed by atoms with Gasteiger partial charge < -0.3 is 25.4 Å². The van der Waals surface area contributed by atoms with Crippen LogP contribution in [-0.4, -0.2) is 41.0 Å². The highest BCUT2D eigenvalue weighted by molar-refractivity contribution is 6.60. The van der Waals surface area contributed by atoms with E-state index in [1.54, 1.807) is 52.0 Å². The van der Waals surface area contributed by atoms with Crippen LogP contribution in [0.1, 0.15) is 41.5 Å². The molecular formula is C17H29BN2O4. The Morgan fingerprint density at radius 2 is 1.75 bits per heavy atom. The average Bonchev–Trinajstić information content (AvgIpc) is 2.44. The smallest absolute Gasteiger partial charge is 0.423 e. The fraction of sp³-hybridized carbons (Fsp3) is 0.588.